The first-order chi connectivity index (χ1) is 3.30. The molecule has 1 heterocycles. The molecular weight excluding hydrogens is 94.1 g/mol. The Balaban J connectivity index is 3.39. The van der Waals surface area contributed by atoms with E-state index in [1.807, 2.05) is 0 Å². The van der Waals surface area contributed by atoms with Gasteiger partial charge in [0.1, 0.15) is 0 Å². The summed E-state index contributed by atoms with van der Waals surface area (Å²) < 4.78 is 5.82. The van der Waals surface area contributed by atoms with Crippen LogP contribution in [0.3, 0.4) is 0 Å². The quantitative estimate of drug-likeness (QED) is 0.476. The van der Waals surface area contributed by atoms with Gasteiger partial charge in [-0.1, -0.05) is 0 Å². The van der Waals surface area contributed by atoms with Crippen molar-refractivity contribution >= 4 is 0 Å². The summed E-state index contributed by atoms with van der Waals surface area (Å²) in [6, 6.07) is 0. The van der Waals surface area contributed by atoms with Crippen molar-refractivity contribution in [3.05, 3.63) is 12.1 Å². The highest BCUT2D eigenvalue weighted by atomic mass is 16.4. The van der Waals surface area contributed by atoms with Crippen LogP contribution in [-0.4, -0.2) is 9.78 Å². The lowest BCUT2D eigenvalue weighted by Gasteiger charge is -1.75. The summed E-state index contributed by atoms with van der Waals surface area (Å²) in [7, 11) is 1.64. The van der Waals surface area contributed by atoms with Crippen LogP contribution in [0.4, 0.5) is 0 Å². The van der Waals surface area contributed by atoms with E-state index in [0.717, 1.165) is 0 Å². The third-order valence-corrected chi connectivity index (χ3v) is 0.679. The van der Waals surface area contributed by atoms with Gasteiger partial charge in [-0.25, -0.2) is 10.1 Å². The Morgan fingerprint density at radius 2 is 2.71 bits per heavy atom. The van der Waals surface area contributed by atoms with Gasteiger partial charge in [0, 0.05) is 7.05 Å². The molecular formula is C3H5N3O. The normalized spacial score (nSPS) is 9.29. The van der Waals surface area contributed by atoms with Crippen LogP contribution >= 0.6 is 0 Å². The molecule has 1 aromatic rings. The highest BCUT2D eigenvalue weighted by Crippen LogP contribution is 1.62. The van der Waals surface area contributed by atoms with E-state index in [-0.39, 0.29) is 5.68 Å². The first kappa shape index (κ1) is 4.11. The average molecular weight is 99.1 g/mol. The lowest BCUT2D eigenvalue weighted by atomic mass is 11.2. The van der Waals surface area contributed by atoms with Crippen molar-refractivity contribution in [2.75, 3.05) is 0 Å². The number of aryl methyl sites for hydroxylation is 1. The van der Waals surface area contributed by atoms with E-state index in [4.69, 9.17) is 5.41 Å². The molecule has 38 valence electrons. The lowest BCUT2D eigenvalue weighted by Crippen LogP contribution is -2.10. The van der Waals surface area contributed by atoms with Gasteiger partial charge in [-0.05, 0) is 0 Å². The summed E-state index contributed by atoms with van der Waals surface area (Å²) in [5.74, 6) is 0. The predicted octanol–water partition coefficient (Wildman–Crippen LogP) is -0.507. The van der Waals surface area contributed by atoms with Crippen molar-refractivity contribution in [1.29, 1.82) is 5.41 Å². The van der Waals surface area contributed by atoms with E-state index in [1.54, 1.807) is 7.05 Å². The fraction of sp³-hybridized carbons (Fsp3) is 0.333. The summed E-state index contributed by atoms with van der Waals surface area (Å²) in [5, 5.41) is 10.4. The van der Waals surface area contributed by atoms with Crippen LogP contribution in [-0.2, 0) is 7.05 Å². The van der Waals surface area contributed by atoms with Gasteiger partial charge in [-0.15, -0.1) is 5.10 Å². The van der Waals surface area contributed by atoms with Crippen molar-refractivity contribution in [2.45, 2.75) is 0 Å². The summed E-state index contributed by atoms with van der Waals surface area (Å²) in [4.78, 5) is 0. The van der Waals surface area contributed by atoms with Crippen LogP contribution in [0, 0.1) is 5.41 Å². The Morgan fingerprint density at radius 3 is 2.86 bits per heavy atom. The van der Waals surface area contributed by atoms with E-state index >= 15 is 0 Å². The second-order valence-electron chi connectivity index (χ2n) is 1.17. The van der Waals surface area contributed by atoms with Crippen LogP contribution < -0.4 is 5.68 Å². The maximum atomic E-state index is 6.83. The average Bonchev–Trinajstić information content (AvgIpc) is 1.91. The fourth-order valence-electron chi connectivity index (χ4n) is 0.273. The Morgan fingerprint density at radius 1 is 2.00 bits per heavy atom. The minimum atomic E-state index is 0.0694. The zero-order valence-corrected chi connectivity index (χ0v) is 3.88. The third-order valence-electron chi connectivity index (χ3n) is 0.679. The fourth-order valence-corrected chi connectivity index (χ4v) is 0.273. The smallest absolute Gasteiger partial charge is 0.311 e. The maximum absolute atomic E-state index is 6.83. The molecule has 0 unspecified atom stereocenters. The third kappa shape index (κ3) is 0.534. The van der Waals surface area contributed by atoms with Crippen molar-refractivity contribution in [2.24, 2.45) is 7.05 Å². The molecule has 1 rings (SSSR count). The Hall–Kier alpha value is -1.06. The summed E-state index contributed by atoms with van der Waals surface area (Å²) in [5.41, 5.74) is 0.0694. The second kappa shape index (κ2) is 1.22. The van der Waals surface area contributed by atoms with Gasteiger partial charge in [0.05, 0.1) is 0 Å². The highest BCUT2D eigenvalue weighted by Gasteiger charge is 1.81. The molecule has 4 heteroatoms. The van der Waals surface area contributed by atoms with E-state index < -0.39 is 0 Å². The Labute approximate surface area is 39.9 Å². The van der Waals surface area contributed by atoms with Crippen LogP contribution in [0.5, 0.6) is 0 Å². The van der Waals surface area contributed by atoms with E-state index in [1.165, 1.54) is 11.1 Å². The molecule has 0 fully saturated rings. The highest BCUT2D eigenvalue weighted by molar-refractivity contribution is 4.37. The summed E-state index contributed by atoms with van der Waals surface area (Å²) in [6.45, 7) is 0. The van der Waals surface area contributed by atoms with Gasteiger partial charge >= 0.3 is 5.68 Å². The van der Waals surface area contributed by atoms with Crippen LogP contribution in [0.15, 0.2) is 10.8 Å². The lowest BCUT2D eigenvalue weighted by molar-refractivity contribution is 0.465. The van der Waals surface area contributed by atoms with Crippen molar-refractivity contribution in [3.8, 4) is 0 Å². The molecule has 0 atom stereocenters. The van der Waals surface area contributed by atoms with Gasteiger partial charge in [-0.3, -0.25) is 0 Å². The first-order valence-corrected chi connectivity index (χ1v) is 1.82. The maximum Gasteiger partial charge on any atom is 0.311 e. The van der Waals surface area contributed by atoms with Crippen molar-refractivity contribution < 1.29 is 4.42 Å². The molecule has 0 aromatic carbocycles. The first-order valence-electron chi connectivity index (χ1n) is 1.82. The largest absolute Gasteiger partial charge is 0.411 e. The standard InChI is InChI=1S/C3H5N3O/c1-6-3(4)7-2-5-6/h2,4H,1H3. The molecule has 1 N–H and O–H groups in total. The van der Waals surface area contributed by atoms with E-state index in [0.29, 0.717) is 0 Å². The van der Waals surface area contributed by atoms with Gasteiger partial charge in [0.2, 0.25) is 6.39 Å². The van der Waals surface area contributed by atoms with Gasteiger partial charge in [-0.2, -0.15) is 0 Å². The van der Waals surface area contributed by atoms with Gasteiger partial charge < -0.3 is 4.42 Å². The molecule has 0 saturated carbocycles. The molecule has 0 spiro atoms. The Kier molecular flexibility index (Phi) is 0.714. The van der Waals surface area contributed by atoms with Crippen LogP contribution in [0.25, 0.3) is 0 Å². The van der Waals surface area contributed by atoms with Gasteiger partial charge in [0.15, 0.2) is 0 Å². The van der Waals surface area contributed by atoms with Crippen molar-refractivity contribution in [1.82, 2.24) is 9.78 Å². The second-order valence-corrected chi connectivity index (χ2v) is 1.17. The molecule has 4 nitrogen and oxygen atoms in total. The molecule has 0 aliphatic heterocycles. The number of hydrogen-bond acceptors (Lipinski definition) is 3. The summed E-state index contributed by atoms with van der Waals surface area (Å²) >= 11 is 0. The van der Waals surface area contributed by atoms with Crippen molar-refractivity contribution in [3.63, 3.8) is 0 Å². The minimum Gasteiger partial charge on any atom is -0.411 e. The predicted molar refractivity (Wildman–Crippen MR) is 21.3 cm³/mol. The molecule has 1 aromatic heterocycles. The number of aromatic nitrogens is 2. The van der Waals surface area contributed by atoms with Crippen LogP contribution in [0.1, 0.15) is 0 Å². The number of rotatable bonds is 0. The number of nitrogens with one attached hydrogen (secondary N) is 1. The van der Waals surface area contributed by atoms with Gasteiger partial charge in [0.25, 0.3) is 0 Å². The van der Waals surface area contributed by atoms with Crippen LogP contribution in [0.2, 0.25) is 0 Å². The molecule has 0 radical (unpaired) electrons. The minimum absolute atomic E-state index is 0.0694. The number of hydrogen-bond donors (Lipinski definition) is 1. The molecule has 7 heavy (non-hydrogen) atoms. The molecule has 0 aliphatic rings. The summed E-state index contributed by atoms with van der Waals surface area (Å²) in [6.07, 6.45) is 1.22. The topological polar surface area (TPSA) is 54.8 Å². The van der Waals surface area contributed by atoms with E-state index in [2.05, 4.69) is 9.52 Å². The molecule has 0 amide bonds. The monoisotopic (exact) mass is 99.0 g/mol. The number of nitrogens with zero attached hydrogens (tertiary/aromatic N) is 2. The molecule has 0 bridgehead atoms. The Bertz CT molecular complexity index is 198. The SMILES string of the molecule is Cn1ncoc1=N. The molecule has 0 saturated heterocycles. The van der Waals surface area contributed by atoms with E-state index in [9.17, 15) is 0 Å². The zero-order chi connectivity index (χ0) is 5.28. The molecule has 0 aliphatic carbocycles. The zero-order valence-electron chi connectivity index (χ0n) is 3.88.